The van der Waals surface area contributed by atoms with E-state index in [-0.39, 0.29) is 18.4 Å². The summed E-state index contributed by atoms with van der Waals surface area (Å²) in [6.07, 6.45) is 4.08. The third-order valence-electron chi connectivity index (χ3n) is 4.23. The average Bonchev–Trinajstić information content (AvgIpc) is 3.02. The van der Waals surface area contributed by atoms with E-state index in [1.54, 1.807) is 11.2 Å². The number of amides is 1. The van der Waals surface area contributed by atoms with Crippen molar-refractivity contribution in [3.8, 4) is 0 Å². The van der Waals surface area contributed by atoms with Crippen molar-refractivity contribution in [3.63, 3.8) is 0 Å². The molecule has 2 N–H and O–H groups in total. The minimum absolute atomic E-state index is 0.0133. The van der Waals surface area contributed by atoms with Crippen LogP contribution in [-0.2, 0) is 24.2 Å². The first-order chi connectivity index (χ1) is 10.8. The summed E-state index contributed by atoms with van der Waals surface area (Å²) in [4.78, 5) is 22.0. The lowest BCUT2D eigenvalue weighted by Gasteiger charge is -2.28. The molecule has 0 saturated heterocycles. The number of aromatic nitrogens is 2. The highest BCUT2D eigenvalue weighted by atomic mass is 16.3. The smallest absolute Gasteiger partial charge is 0.226 e. The molecule has 5 nitrogen and oxygen atoms in total. The number of aliphatic hydroxyl groups is 1. The predicted molar refractivity (Wildman–Crippen MR) is 83.0 cm³/mol. The molecule has 0 radical (unpaired) electrons. The third kappa shape index (κ3) is 3.20. The summed E-state index contributed by atoms with van der Waals surface area (Å²) in [6, 6.07) is 9.91. The highest BCUT2D eigenvalue weighted by Crippen LogP contribution is 2.25. The molecule has 0 unspecified atom stereocenters. The van der Waals surface area contributed by atoms with E-state index in [0.29, 0.717) is 19.5 Å². The van der Waals surface area contributed by atoms with Crippen LogP contribution in [0.1, 0.15) is 23.4 Å². The van der Waals surface area contributed by atoms with Crippen molar-refractivity contribution in [2.75, 3.05) is 13.2 Å². The first-order valence-electron chi connectivity index (χ1n) is 7.72. The summed E-state index contributed by atoms with van der Waals surface area (Å²) in [7, 11) is 0. The standard InChI is InChI=1S/C17H21N3O2/c21-9-8-20(11-13-4-2-1-3-5-13)17(22)14-6-7-15-16(10-14)19-12-18-15/h1-5,12,14,21H,6-11H2,(H,18,19)/t14-/m1/s1. The number of hydrogen-bond donors (Lipinski definition) is 2. The Balaban J connectivity index is 1.70. The number of fused-ring (bicyclic) bond motifs is 1. The van der Waals surface area contributed by atoms with E-state index in [9.17, 15) is 9.90 Å². The van der Waals surface area contributed by atoms with Gasteiger partial charge in [-0.3, -0.25) is 4.79 Å². The van der Waals surface area contributed by atoms with Crippen LogP contribution in [0.4, 0.5) is 0 Å². The van der Waals surface area contributed by atoms with Gasteiger partial charge in [0.2, 0.25) is 5.91 Å². The summed E-state index contributed by atoms with van der Waals surface area (Å²) >= 11 is 0. The Morgan fingerprint density at radius 3 is 2.95 bits per heavy atom. The van der Waals surface area contributed by atoms with Gasteiger partial charge in [-0.2, -0.15) is 0 Å². The van der Waals surface area contributed by atoms with E-state index >= 15 is 0 Å². The lowest BCUT2D eigenvalue weighted by atomic mass is 9.88. The van der Waals surface area contributed by atoms with E-state index in [1.165, 1.54) is 0 Å². The molecule has 1 amide bonds. The predicted octanol–water partition coefficient (Wildman–Crippen LogP) is 1.54. The van der Waals surface area contributed by atoms with Crippen molar-refractivity contribution >= 4 is 5.91 Å². The van der Waals surface area contributed by atoms with Crippen molar-refractivity contribution < 1.29 is 9.90 Å². The average molecular weight is 299 g/mol. The highest BCUT2D eigenvalue weighted by molar-refractivity contribution is 5.79. The minimum atomic E-state index is -0.0248. The summed E-state index contributed by atoms with van der Waals surface area (Å²) in [5, 5.41) is 9.28. The number of imidazole rings is 1. The Hall–Kier alpha value is -2.14. The van der Waals surface area contributed by atoms with Gasteiger partial charge in [-0.25, -0.2) is 4.98 Å². The van der Waals surface area contributed by atoms with Crippen LogP contribution in [0.15, 0.2) is 36.7 Å². The molecule has 1 aromatic heterocycles. The van der Waals surface area contributed by atoms with Gasteiger partial charge in [0.05, 0.1) is 18.6 Å². The number of carbonyl (C=O) groups is 1. The number of nitrogens with one attached hydrogen (secondary N) is 1. The zero-order valence-corrected chi connectivity index (χ0v) is 12.5. The zero-order chi connectivity index (χ0) is 15.4. The van der Waals surface area contributed by atoms with E-state index in [2.05, 4.69) is 9.97 Å². The van der Waals surface area contributed by atoms with Gasteiger partial charge in [-0.1, -0.05) is 30.3 Å². The van der Waals surface area contributed by atoms with Crippen LogP contribution in [0.2, 0.25) is 0 Å². The van der Waals surface area contributed by atoms with Crippen LogP contribution in [0, 0.1) is 5.92 Å². The van der Waals surface area contributed by atoms with Crippen molar-refractivity contribution in [1.29, 1.82) is 0 Å². The zero-order valence-electron chi connectivity index (χ0n) is 12.5. The topological polar surface area (TPSA) is 69.2 Å². The normalized spacial score (nSPS) is 17.0. The van der Waals surface area contributed by atoms with Gasteiger partial charge >= 0.3 is 0 Å². The number of nitrogens with zero attached hydrogens (tertiary/aromatic N) is 2. The number of aromatic amines is 1. The molecule has 1 aliphatic carbocycles. The summed E-state index contributed by atoms with van der Waals surface area (Å²) in [5.74, 6) is 0.0985. The van der Waals surface area contributed by atoms with Gasteiger partial charge in [0.1, 0.15) is 0 Å². The van der Waals surface area contributed by atoms with Crippen LogP contribution in [-0.4, -0.2) is 39.0 Å². The molecular weight excluding hydrogens is 278 g/mol. The number of H-pyrrole nitrogens is 1. The van der Waals surface area contributed by atoms with Gasteiger partial charge in [-0.05, 0) is 18.4 Å². The van der Waals surface area contributed by atoms with Gasteiger partial charge < -0.3 is 15.0 Å². The van der Waals surface area contributed by atoms with Crippen LogP contribution >= 0.6 is 0 Å². The molecule has 5 heteroatoms. The molecule has 1 aromatic carbocycles. The molecule has 1 aliphatic rings. The Morgan fingerprint density at radius 2 is 2.18 bits per heavy atom. The Bertz CT molecular complexity index is 624. The summed E-state index contributed by atoms with van der Waals surface area (Å²) in [5.41, 5.74) is 3.25. The van der Waals surface area contributed by atoms with Crippen LogP contribution in [0.3, 0.4) is 0 Å². The molecular formula is C17H21N3O2. The van der Waals surface area contributed by atoms with Gasteiger partial charge in [0, 0.05) is 31.1 Å². The second-order valence-corrected chi connectivity index (χ2v) is 5.74. The molecule has 0 spiro atoms. The Morgan fingerprint density at radius 1 is 1.36 bits per heavy atom. The van der Waals surface area contributed by atoms with E-state index in [0.717, 1.165) is 29.8 Å². The molecule has 3 rings (SSSR count). The molecule has 1 heterocycles. The number of aliphatic hydroxyl groups excluding tert-OH is 1. The first kappa shape index (κ1) is 14.8. The maximum atomic E-state index is 12.8. The van der Waals surface area contributed by atoms with Crippen LogP contribution < -0.4 is 0 Å². The molecule has 2 aromatic rings. The maximum absolute atomic E-state index is 12.8. The Kier molecular flexibility index (Phi) is 4.53. The van der Waals surface area contributed by atoms with Gasteiger partial charge in [0.15, 0.2) is 0 Å². The SMILES string of the molecule is O=C([C@@H]1CCc2nc[nH]c2C1)N(CCO)Cc1ccccc1. The molecule has 0 aliphatic heterocycles. The maximum Gasteiger partial charge on any atom is 0.226 e. The number of benzene rings is 1. The van der Waals surface area contributed by atoms with E-state index in [4.69, 9.17) is 0 Å². The molecule has 116 valence electrons. The van der Waals surface area contributed by atoms with Crippen molar-refractivity contribution in [2.45, 2.75) is 25.8 Å². The van der Waals surface area contributed by atoms with Crippen molar-refractivity contribution in [3.05, 3.63) is 53.6 Å². The third-order valence-corrected chi connectivity index (χ3v) is 4.23. The van der Waals surface area contributed by atoms with E-state index in [1.807, 2.05) is 30.3 Å². The monoisotopic (exact) mass is 299 g/mol. The lowest BCUT2D eigenvalue weighted by molar-refractivity contribution is -0.137. The molecule has 22 heavy (non-hydrogen) atoms. The minimum Gasteiger partial charge on any atom is -0.395 e. The highest BCUT2D eigenvalue weighted by Gasteiger charge is 2.29. The number of aryl methyl sites for hydroxylation is 1. The molecule has 0 saturated carbocycles. The fourth-order valence-corrected chi connectivity index (χ4v) is 3.06. The van der Waals surface area contributed by atoms with E-state index < -0.39 is 0 Å². The second kappa shape index (κ2) is 6.75. The quantitative estimate of drug-likeness (QED) is 0.880. The largest absolute Gasteiger partial charge is 0.395 e. The molecule has 0 fully saturated rings. The second-order valence-electron chi connectivity index (χ2n) is 5.74. The van der Waals surface area contributed by atoms with Crippen molar-refractivity contribution in [1.82, 2.24) is 14.9 Å². The Labute approximate surface area is 130 Å². The number of hydrogen-bond acceptors (Lipinski definition) is 3. The summed E-state index contributed by atoms with van der Waals surface area (Å²) < 4.78 is 0. The van der Waals surface area contributed by atoms with Crippen molar-refractivity contribution in [2.24, 2.45) is 5.92 Å². The number of rotatable bonds is 5. The first-order valence-corrected chi connectivity index (χ1v) is 7.72. The molecule has 0 bridgehead atoms. The van der Waals surface area contributed by atoms with Gasteiger partial charge in [-0.15, -0.1) is 0 Å². The summed E-state index contributed by atoms with van der Waals surface area (Å²) in [6.45, 7) is 0.910. The fraction of sp³-hybridized carbons (Fsp3) is 0.412. The fourth-order valence-electron chi connectivity index (χ4n) is 3.06. The molecule has 1 atom stereocenters. The van der Waals surface area contributed by atoms with Crippen LogP contribution in [0.25, 0.3) is 0 Å². The van der Waals surface area contributed by atoms with Gasteiger partial charge in [0.25, 0.3) is 0 Å². The van der Waals surface area contributed by atoms with Crippen LogP contribution in [0.5, 0.6) is 0 Å². The lowest BCUT2D eigenvalue weighted by Crippen LogP contribution is -2.39. The number of carbonyl (C=O) groups excluding carboxylic acids is 1.